The van der Waals surface area contributed by atoms with E-state index < -0.39 is 5.91 Å². The molecular formula is C44H57N3O3. The summed E-state index contributed by atoms with van der Waals surface area (Å²) in [6, 6.07) is 17.1. The summed E-state index contributed by atoms with van der Waals surface area (Å²) in [6.07, 6.45) is 20.9. The van der Waals surface area contributed by atoms with Crippen LogP contribution < -0.4 is 0 Å². The molecule has 0 saturated carbocycles. The average molecular weight is 676 g/mol. The Hall–Kier alpha value is -5.11. The fourth-order valence-corrected chi connectivity index (χ4v) is 4.60. The van der Waals surface area contributed by atoms with Gasteiger partial charge in [0.25, 0.3) is 0 Å². The summed E-state index contributed by atoms with van der Waals surface area (Å²) < 4.78 is 0. The van der Waals surface area contributed by atoms with Gasteiger partial charge in [-0.3, -0.25) is 4.79 Å². The van der Waals surface area contributed by atoms with Gasteiger partial charge in [0.1, 0.15) is 0 Å². The lowest BCUT2D eigenvalue weighted by Gasteiger charge is -2.27. The summed E-state index contributed by atoms with van der Waals surface area (Å²) in [5, 5.41) is 5.43. The summed E-state index contributed by atoms with van der Waals surface area (Å²) in [4.78, 5) is 35.8. The Kier molecular flexibility index (Phi) is 23.2. The molecule has 0 fully saturated rings. The first-order valence-corrected chi connectivity index (χ1v) is 17.4. The van der Waals surface area contributed by atoms with E-state index in [9.17, 15) is 14.6 Å². The van der Waals surface area contributed by atoms with Crippen LogP contribution in [0.4, 0.5) is 0 Å². The lowest BCUT2D eigenvalue weighted by Crippen LogP contribution is -2.24. The maximum Gasteiger partial charge on any atom is 0.316 e. The zero-order valence-electron chi connectivity index (χ0n) is 31.8. The molecule has 0 unspecified atom stereocenters. The second kappa shape index (κ2) is 25.8. The van der Waals surface area contributed by atoms with Crippen LogP contribution in [0, 0.1) is 22.2 Å². The van der Waals surface area contributed by atoms with Crippen molar-refractivity contribution in [3.05, 3.63) is 152 Å². The Morgan fingerprint density at radius 3 is 2.08 bits per heavy atom. The van der Waals surface area contributed by atoms with Gasteiger partial charge < -0.3 is 4.90 Å². The second-order valence-corrected chi connectivity index (χ2v) is 11.9. The van der Waals surface area contributed by atoms with Crippen molar-refractivity contribution < 1.29 is 4.79 Å². The van der Waals surface area contributed by atoms with E-state index in [1.54, 1.807) is 19.1 Å². The van der Waals surface area contributed by atoms with Gasteiger partial charge in [-0.1, -0.05) is 140 Å². The highest BCUT2D eigenvalue weighted by Gasteiger charge is 2.16. The molecule has 6 heteroatoms. The Labute approximate surface area is 302 Å². The van der Waals surface area contributed by atoms with Gasteiger partial charge in [-0.15, -0.1) is 23.0 Å². The first-order valence-electron chi connectivity index (χ1n) is 17.4. The molecule has 50 heavy (non-hydrogen) atoms. The number of hydrogen-bond acceptors (Lipinski definition) is 5. The van der Waals surface area contributed by atoms with Crippen LogP contribution in [0.5, 0.6) is 0 Å². The van der Waals surface area contributed by atoms with Crippen molar-refractivity contribution >= 4 is 11.5 Å². The number of unbranched alkanes of at least 4 members (excludes halogenated alkanes) is 1. The van der Waals surface area contributed by atoms with Crippen molar-refractivity contribution in [1.29, 1.82) is 0 Å². The number of benzene rings is 2. The molecule has 0 saturated heterocycles. The van der Waals surface area contributed by atoms with Gasteiger partial charge >= 0.3 is 5.91 Å². The molecule has 1 aliphatic rings. The van der Waals surface area contributed by atoms with E-state index in [0.29, 0.717) is 18.8 Å². The van der Waals surface area contributed by atoms with Crippen LogP contribution in [-0.2, 0) is 23.2 Å². The van der Waals surface area contributed by atoms with E-state index in [2.05, 4.69) is 128 Å². The molecule has 0 aliphatic heterocycles. The van der Waals surface area contributed by atoms with Gasteiger partial charge in [0.2, 0.25) is 0 Å². The molecule has 2 aromatic carbocycles. The van der Waals surface area contributed by atoms with Crippen molar-refractivity contribution in [3.63, 3.8) is 0 Å². The first-order chi connectivity index (χ1) is 24.1. The van der Waals surface area contributed by atoms with Crippen molar-refractivity contribution in [2.75, 3.05) is 13.1 Å². The standard InChI is InChI=1S/C37H41N3O3.C3H4.2C2H6/c1-6-7-10-29-14-19-33(20-15-29)32-12-8-11-30(16-21-32)26-40(27-31-17-22-34(23-18-31)37(3,4)5)35(13-9-24-38-42)25-28(2)36(41)39-43;1-3-2;2*1-2/h9,11-23,25H,2,6-7,10,24,26-27H2,1,3-5H3;1H,2H3;2*1-2H3/b13-9-,35-25+;;;. The third kappa shape index (κ3) is 16.8. The van der Waals surface area contributed by atoms with E-state index in [1.165, 1.54) is 30.0 Å². The molecule has 0 N–H and O–H groups in total. The fraction of sp³-hybridized carbons (Fsp3) is 0.364. The van der Waals surface area contributed by atoms with E-state index >= 15 is 0 Å². The normalized spacial score (nSPS) is 11.9. The van der Waals surface area contributed by atoms with Gasteiger partial charge in [-0.2, -0.15) is 4.91 Å². The molecule has 0 bridgehead atoms. The van der Waals surface area contributed by atoms with Crippen LogP contribution in [0.25, 0.3) is 5.57 Å². The number of allylic oxidation sites excluding steroid dienone is 4. The molecule has 6 nitrogen and oxygen atoms in total. The zero-order valence-corrected chi connectivity index (χ0v) is 31.8. The van der Waals surface area contributed by atoms with Crippen molar-refractivity contribution in [2.45, 2.75) is 93.5 Å². The molecular weight excluding hydrogens is 619 g/mol. The van der Waals surface area contributed by atoms with Crippen LogP contribution in [0.3, 0.4) is 0 Å². The van der Waals surface area contributed by atoms with Crippen LogP contribution in [0.15, 0.2) is 131 Å². The highest BCUT2D eigenvalue weighted by molar-refractivity contribution is 5.96. The second-order valence-electron chi connectivity index (χ2n) is 11.9. The smallest absolute Gasteiger partial charge is 0.316 e. The molecule has 1 amide bonds. The largest absolute Gasteiger partial charge is 0.363 e. The number of carbonyl (C=O) groups excluding carboxylic acids is 1. The Morgan fingerprint density at radius 1 is 0.940 bits per heavy atom. The SMILES string of the molecule is C#CC.C=C(/C=C(\C=C/CN=O)N(CC1=CC=C(c2ccc(CCCC)cc2)C=C=C1)Cc1ccc(C(C)(C)C)cc1)C(=O)N=O.CC.CC. The van der Waals surface area contributed by atoms with Crippen molar-refractivity contribution in [3.8, 4) is 12.3 Å². The minimum absolute atomic E-state index is 0.0237. The summed E-state index contributed by atoms with van der Waals surface area (Å²) in [5.74, 6) is 1.30. The van der Waals surface area contributed by atoms with Crippen molar-refractivity contribution in [2.24, 2.45) is 10.4 Å². The summed E-state index contributed by atoms with van der Waals surface area (Å²) in [5.41, 5.74) is 10.7. The highest BCUT2D eigenvalue weighted by atomic mass is 16.3. The lowest BCUT2D eigenvalue weighted by molar-refractivity contribution is -0.114. The van der Waals surface area contributed by atoms with Crippen LogP contribution >= 0.6 is 0 Å². The molecule has 0 spiro atoms. The number of aryl methyl sites for hydroxylation is 1. The van der Waals surface area contributed by atoms with Crippen LogP contribution in [0.1, 0.15) is 97.4 Å². The van der Waals surface area contributed by atoms with E-state index in [4.69, 9.17) is 0 Å². The van der Waals surface area contributed by atoms with Crippen LogP contribution in [-0.4, -0.2) is 23.9 Å². The predicted octanol–water partition coefficient (Wildman–Crippen LogP) is 11.6. The number of amides is 1. The van der Waals surface area contributed by atoms with E-state index in [1.807, 2.05) is 39.8 Å². The number of rotatable bonds is 14. The van der Waals surface area contributed by atoms with Gasteiger partial charge in [0.15, 0.2) is 0 Å². The Bertz CT molecular complexity index is 1580. The summed E-state index contributed by atoms with van der Waals surface area (Å²) in [6.45, 7) is 23.0. The minimum Gasteiger partial charge on any atom is -0.363 e. The van der Waals surface area contributed by atoms with Gasteiger partial charge in [-0.05, 0) is 82.9 Å². The predicted molar refractivity (Wildman–Crippen MR) is 214 cm³/mol. The molecule has 0 heterocycles. The number of terminal acetylenes is 1. The van der Waals surface area contributed by atoms with Gasteiger partial charge in [-0.25, -0.2) is 0 Å². The molecule has 3 rings (SSSR count). The molecule has 0 atom stereocenters. The monoisotopic (exact) mass is 675 g/mol. The maximum absolute atomic E-state index is 12.0. The molecule has 266 valence electrons. The summed E-state index contributed by atoms with van der Waals surface area (Å²) in [7, 11) is 0. The number of carbonyl (C=O) groups is 1. The van der Waals surface area contributed by atoms with Crippen LogP contribution in [0.2, 0.25) is 0 Å². The zero-order chi connectivity index (χ0) is 38.0. The molecule has 2 aromatic rings. The minimum atomic E-state index is -0.946. The Morgan fingerprint density at radius 2 is 1.54 bits per heavy atom. The number of nitroso groups, excluding NO2 is 2. The molecule has 0 aromatic heterocycles. The number of hydrogen-bond donors (Lipinski definition) is 0. The highest BCUT2D eigenvalue weighted by Crippen LogP contribution is 2.25. The third-order valence-electron chi connectivity index (χ3n) is 7.17. The lowest BCUT2D eigenvalue weighted by atomic mass is 9.87. The number of nitrogens with zero attached hydrogens (tertiary/aromatic N) is 3. The average Bonchev–Trinajstić information content (AvgIpc) is 3.37. The van der Waals surface area contributed by atoms with Gasteiger partial charge in [0, 0.05) is 29.5 Å². The fourth-order valence-electron chi connectivity index (χ4n) is 4.60. The summed E-state index contributed by atoms with van der Waals surface area (Å²) >= 11 is 0. The van der Waals surface area contributed by atoms with E-state index in [-0.39, 0.29) is 17.5 Å². The topological polar surface area (TPSA) is 79.2 Å². The maximum atomic E-state index is 12.0. The Balaban J connectivity index is 0.00000319. The van der Waals surface area contributed by atoms with E-state index in [0.717, 1.165) is 28.7 Å². The first kappa shape index (κ1) is 44.9. The quantitative estimate of drug-likeness (QED) is 0.0656. The van der Waals surface area contributed by atoms with Gasteiger partial charge in [0.05, 0.1) is 6.54 Å². The molecule has 1 aliphatic carbocycles. The third-order valence-corrected chi connectivity index (χ3v) is 7.17. The van der Waals surface area contributed by atoms with Crippen molar-refractivity contribution in [1.82, 2.24) is 4.90 Å². The molecule has 0 radical (unpaired) electrons.